The third kappa shape index (κ3) is 2.58. The fraction of sp³-hybridized carbons (Fsp3) is 0.182. The molecule has 1 heterocycles. The molecular formula is C11H11ClN2O. The topological polar surface area (TPSA) is 48.9 Å². The molecular weight excluding hydrogens is 212 g/mol. The highest BCUT2D eigenvalue weighted by molar-refractivity contribution is 6.30. The fourth-order valence-corrected chi connectivity index (χ4v) is 1.50. The lowest BCUT2D eigenvalue weighted by Gasteiger charge is -1.98. The van der Waals surface area contributed by atoms with Gasteiger partial charge in [-0.15, -0.1) is 0 Å². The van der Waals surface area contributed by atoms with Crippen molar-refractivity contribution < 1.29 is 5.11 Å². The lowest BCUT2D eigenvalue weighted by molar-refractivity contribution is 0.277. The number of aliphatic hydroxyl groups excluding tert-OH is 1. The van der Waals surface area contributed by atoms with E-state index in [0.717, 1.165) is 28.5 Å². The van der Waals surface area contributed by atoms with Crippen molar-refractivity contribution >= 4 is 11.6 Å². The van der Waals surface area contributed by atoms with Gasteiger partial charge in [-0.1, -0.05) is 23.7 Å². The number of nitrogens with zero attached hydrogens (tertiary/aromatic N) is 1. The quantitative estimate of drug-likeness (QED) is 0.836. The third-order valence-corrected chi connectivity index (χ3v) is 2.39. The van der Waals surface area contributed by atoms with Gasteiger partial charge >= 0.3 is 0 Å². The second-order valence-corrected chi connectivity index (χ2v) is 3.75. The van der Waals surface area contributed by atoms with Crippen LogP contribution >= 0.6 is 11.6 Å². The summed E-state index contributed by atoms with van der Waals surface area (Å²) in [5.74, 6) is 0.848. The molecule has 0 amide bonds. The van der Waals surface area contributed by atoms with Crippen molar-refractivity contribution in [3.8, 4) is 0 Å². The van der Waals surface area contributed by atoms with E-state index in [2.05, 4.69) is 9.97 Å². The molecule has 4 heteroatoms. The standard InChI is InChI=1S/C11H11ClN2O/c12-9-3-1-8(2-4-9)5-11-13-6-10(7-15)14-11/h1-4,6,15H,5,7H2,(H,13,14). The van der Waals surface area contributed by atoms with Crippen LogP contribution in [-0.2, 0) is 13.0 Å². The van der Waals surface area contributed by atoms with Gasteiger partial charge in [-0.2, -0.15) is 0 Å². The van der Waals surface area contributed by atoms with Crippen molar-refractivity contribution in [3.05, 3.63) is 52.6 Å². The second kappa shape index (κ2) is 4.47. The van der Waals surface area contributed by atoms with Gasteiger partial charge in [0.1, 0.15) is 5.82 Å². The van der Waals surface area contributed by atoms with E-state index in [1.807, 2.05) is 24.3 Å². The van der Waals surface area contributed by atoms with Crippen LogP contribution in [0, 0.1) is 0 Å². The Morgan fingerprint density at radius 2 is 2.00 bits per heavy atom. The predicted octanol–water partition coefficient (Wildman–Crippen LogP) is 2.15. The first-order valence-corrected chi connectivity index (χ1v) is 5.04. The Morgan fingerprint density at radius 3 is 2.60 bits per heavy atom. The molecule has 1 aromatic carbocycles. The zero-order chi connectivity index (χ0) is 10.7. The van der Waals surface area contributed by atoms with E-state index in [9.17, 15) is 0 Å². The Labute approximate surface area is 92.7 Å². The summed E-state index contributed by atoms with van der Waals surface area (Å²) in [6.45, 7) is -0.00633. The number of hydrogen-bond acceptors (Lipinski definition) is 2. The number of benzene rings is 1. The van der Waals surface area contributed by atoms with E-state index in [-0.39, 0.29) is 6.61 Å². The lowest BCUT2D eigenvalue weighted by Crippen LogP contribution is -1.91. The van der Waals surface area contributed by atoms with Crippen LogP contribution < -0.4 is 0 Å². The first-order valence-electron chi connectivity index (χ1n) is 4.66. The van der Waals surface area contributed by atoms with Gasteiger partial charge in [0.15, 0.2) is 0 Å². The molecule has 0 aliphatic rings. The summed E-state index contributed by atoms with van der Waals surface area (Å²) >= 11 is 5.78. The average Bonchev–Trinajstić information content (AvgIpc) is 2.69. The summed E-state index contributed by atoms with van der Waals surface area (Å²) in [7, 11) is 0. The monoisotopic (exact) mass is 222 g/mol. The van der Waals surface area contributed by atoms with Gasteiger partial charge in [-0.05, 0) is 17.7 Å². The van der Waals surface area contributed by atoms with E-state index in [0.29, 0.717) is 0 Å². The summed E-state index contributed by atoms with van der Waals surface area (Å²) in [6, 6.07) is 7.63. The van der Waals surface area contributed by atoms with E-state index in [4.69, 9.17) is 16.7 Å². The molecule has 0 bridgehead atoms. The number of hydrogen-bond donors (Lipinski definition) is 2. The second-order valence-electron chi connectivity index (χ2n) is 3.32. The minimum Gasteiger partial charge on any atom is -0.390 e. The van der Waals surface area contributed by atoms with Crippen molar-refractivity contribution in [3.63, 3.8) is 0 Å². The molecule has 2 N–H and O–H groups in total. The number of rotatable bonds is 3. The molecule has 0 unspecified atom stereocenters. The van der Waals surface area contributed by atoms with E-state index in [1.165, 1.54) is 0 Å². The molecule has 3 nitrogen and oxygen atoms in total. The maximum Gasteiger partial charge on any atom is 0.110 e. The molecule has 78 valence electrons. The van der Waals surface area contributed by atoms with Crippen LogP contribution in [0.2, 0.25) is 5.02 Å². The van der Waals surface area contributed by atoms with Crippen LogP contribution in [-0.4, -0.2) is 15.1 Å². The first-order chi connectivity index (χ1) is 7.28. The van der Waals surface area contributed by atoms with Gasteiger partial charge in [-0.25, -0.2) is 4.98 Å². The van der Waals surface area contributed by atoms with Crippen molar-refractivity contribution in [2.24, 2.45) is 0 Å². The van der Waals surface area contributed by atoms with Crippen molar-refractivity contribution in [2.45, 2.75) is 13.0 Å². The summed E-state index contributed by atoms with van der Waals surface area (Å²) < 4.78 is 0. The molecule has 0 saturated carbocycles. The number of aromatic amines is 1. The largest absolute Gasteiger partial charge is 0.390 e. The number of halogens is 1. The molecule has 0 radical (unpaired) electrons. The van der Waals surface area contributed by atoms with Crippen LogP contribution in [0.4, 0.5) is 0 Å². The van der Waals surface area contributed by atoms with Crippen LogP contribution in [0.3, 0.4) is 0 Å². The van der Waals surface area contributed by atoms with Gasteiger partial charge < -0.3 is 10.1 Å². The molecule has 0 saturated heterocycles. The summed E-state index contributed by atoms with van der Waals surface area (Å²) in [5, 5.41) is 9.60. The van der Waals surface area contributed by atoms with Gasteiger partial charge in [0.05, 0.1) is 18.5 Å². The average molecular weight is 223 g/mol. The molecule has 2 rings (SSSR count). The SMILES string of the molecule is OCc1cnc(Cc2ccc(Cl)cc2)[nH]1. The predicted molar refractivity (Wildman–Crippen MR) is 58.8 cm³/mol. The summed E-state index contributed by atoms with van der Waals surface area (Å²) in [5.41, 5.74) is 1.87. The van der Waals surface area contributed by atoms with Gasteiger partial charge in [0.25, 0.3) is 0 Å². The Morgan fingerprint density at radius 1 is 1.27 bits per heavy atom. The third-order valence-electron chi connectivity index (χ3n) is 2.14. The smallest absolute Gasteiger partial charge is 0.110 e. The first kappa shape index (κ1) is 10.2. The van der Waals surface area contributed by atoms with Gasteiger partial charge in [0, 0.05) is 11.4 Å². The zero-order valence-electron chi connectivity index (χ0n) is 8.07. The number of aliphatic hydroxyl groups is 1. The molecule has 0 atom stereocenters. The van der Waals surface area contributed by atoms with Crippen LogP contribution in [0.15, 0.2) is 30.5 Å². The maximum atomic E-state index is 8.86. The molecule has 0 aliphatic heterocycles. The van der Waals surface area contributed by atoms with E-state index >= 15 is 0 Å². The Balaban J connectivity index is 2.11. The van der Waals surface area contributed by atoms with Crippen LogP contribution in [0.1, 0.15) is 17.1 Å². The van der Waals surface area contributed by atoms with Crippen molar-refractivity contribution in [1.82, 2.24) is 9.97 Å². The minimum atomic E-state index is -0.00633. The van der Waals surface area contributed by atoms with E-state index < -0.39 is 0 Å². The number of imidazole rings is 1. The van der Waals surface area contributed by atoms with E-state index in [1.54, 1.807) is 6.20 Å². The highest BCUT2D eigenvalue weighted by Gasteiger charge is 2.01. The molecule has 15 heavy (non-hydrogen) atoms. The normalized spacial score (nSPS) is 10.5. The van der Waals surface area contributed by atoms with Crippen molar-refractivity contribution in [1.29, 1.82) is 0 Å². The Bertz CT molecular complexity index is 436. The summed E-state index contributed by atoms with van der Waals surface area (Å²) in [4.78, 5) is 7.19. The maximum absolute atomic E-state index is 8.86. The number of aromatic nitrogens is 2. The molecule has 0 aliphatic carbocycles. The highest BCUT2D eigenvalue weighted by atomic mass is 35.5. The van der Waals surface area contributed by atoms with Gasteiger partial charge in [-0.3, -0.25) is 0 Å². The van der Waals surface area contributed by atoms with Gasteiger partial charge in [0.2, 0.25) is 0 Å². The molecule has 2 aromatic rings. The summed E-state index contributed by atoms with van der Waals surface area (Å²) in [6.07, 6.45) is 2.36. The molecule has 0 fully saturated rings. The van der Waals surface area contributed by atoms with Crippen LogP contribution in [0.25, 0.3) is 0 Å². The number of H-pyrrole nitrogens is 1. The Kier molecular flexibility index (Phi) is 3.04. The number of nitrogens with one attached hydrogen (secondary N) is 1. The molecule has 1 aromatic heterocycles. The van der Waals surface area contributed by atoms with Crippen molar-refractivity contribution in [2.75, 3.05) is 0 Å². The lowest BCUT2D eigenvalue weighted by atomic mass is 10.1. The Hall–Kier alpha value is -1.32. The zero-order valence-corrected chi connectivity index (χ0v) is 8.83. The minimum absolute atomic E-state index is 0.00633. The fourth-order valence-electron chi connectivity index (χ4n) is 1.37. The van der Waals surface area contributed by atoms with Crippen LogP contribution in [0.5, 0.6) is 0 Å². The molecule has 0 spiro atoms. The highest BCUT2D eigenvalue weighted by Crippen LogP contribution is 2.12.